The highest BCUT2D eigenvalue weighted by atomic mass is 35.5. The van der Waals surface area contributed by atoms with Gasteiger partial charge in [0, 0.05) is 11.9 Å². The van der Waals surface area contributed by atoms with Gasteiger partial charge in [0.1, 0.15) is 0 Å². The Bertz CT molecular complexity index is 550. The van der Waals surface area contributed by atoms with E-state index in [0.717, 1.165) is 0 Å². The number of halogens is 1. The average molecular weight is 237 g/mol. The van der Waals surface area contributed by atoms with Crippen LogP contribution in [0.3, 0.4) is 0 Å². The normalized spacial score (nSPS) is 10.3. The monoisotopic (exact) mass is 236 g/mol. The Balaban J connectivity index is 2.46. The van der Waals surface area contributed by atoms with Crippen LogP contribution in [0.4, 0.5) is 5.69 Å². The van der Waals surface area contributed by atoms with E-state index in [0.29, 0.717) is 22.0 Å². The Morgan fingerprint density at radius 1 is 1.44 bits per heavy atom. The lowest BCUT2D eigenvalue weighted by Crippen LogP contribution is -2.09. The topological polar surface area (TPSA) is 86.9 Å². The first kappa shape index (κ1) is 10.5. The maximum Gasteiger partial charge on any atom is 0.251 e. The van der Waals surface area contributed by atoms with Crippen LogP contribution in [0, 0.1) is 0 Å². The van der Waals surface area contributed by atoms with Gasteiger partial charge in [0.25, 0.3) is 5.91 Å². The number of nitrogens with zero attached hydrogens (tertiary/aromatic N) is 2. The highest BCUT2D eigenvalue weighted by Gasteiger charge is 2.08. The van der Waals surface area contributed by atoms with Gasteiger partial charge in [0.05, 0.1) is 22.5 Å². The first-order valence-corrected chi connectivity index (χ1v) is 4.85. The number of rotatable bonds is 2. The molecule has 1 aromatic heterocycles. The fraction of sp³-hybridized carbons (Fsp3) is 0. The quantitative estimate of drug-likeness (QED) is 0.769. The van der Waals surface area contributed by atoms with Gasteiger partial charge >= 0.3 is 0 Å². The van der Waals surface area contributed by atoms with E-state index < -0.39 is 5.91 Å². The molecule has 4 N–H and O–H groups in total. The van der Waals surface area contributed by atoms with Crippen LogP contribution in [0.1, 0.15) is 10.4 Å². The van der Waals surface area contributed by atoms with Crippen molar-refractivity contribution in [2.75, 3.05) is 5.73 Å². The van der Waals surface area contributed by atoms with Crippen molar-refractivity contribution in [3.63, 3.8) is 0 Å². The Hall–Kier alpha value is -2.01. The van der Waals surface area contributed by atoms with Gasteiger partial charge in [-0.2, -0.15) is 5.10 Å². The molecule has 0 spiro atoms. The molecule has 16 heavy (non-hydrogen) atoms. The van der Waals surface area contributed by atoms with Crippen molar-refractivity contribution >= 4 is 23.2 Å². The minimum absolute atomic E-state index is 0.327. The number of aromatic nitrogens is 2. The smallest absolute Gasteiger partial charge is 0.251 e. The predicted molar refractivity (Wildman–Crippen MR) is 61.5 cm³/mol. The largest absolute Gasteiger partial charge is 0.399 e. The Morgan fingerprint density at radius 2 is 2.19 bits per heavy atom. The third-order valence-corrected chi connectivity index (χ3v) is 2.39. The Morgan fingerprint density at radius 3 is 2.75 bits per heavy atom. The molecule has 5 nitrogen and oxygen atoms in total. The van der Waals surface area contributed by atoms with Crippen molar-refractivity contribution in [3.05, 3.63) is 41.2 Å². The van der Waals surface area contributed by atoms with Crippen molar-refractivity contribution in [2.24, 2.45) is 5.73 Å². The Kier molecular flexibility index (Phi) is 2.54. The molecule has 0 aliphatic heterocycles. The summed E-state index contributed by atoms with van der Waals surface area (Å²) in [5, 5.41) is 4.45. The zero-order chi connectivity index (χ0) is 11.7. The van der Waals surface area contributed by atoms with E-state index in [9.17, 15) is 4.79 Å². The SMILES string of the molecule is NC(=O)c1cnn(-c2ccc(N)cc2Cl)c1. The van der Waals surface area contributed by atoms with E-state index in [1.54, 1.807) is 18.2 Å². The summed E-state index contributed by atoms with van der Waals surface area (Å²) < 4.78 is 1.47. The second kappa shape index (κ2) is 3.86. The summed E-state index contributed by atoms with van der Waals surface area (Å²) in [6.45, 7) is 0. The second-order valence-corrected chi connectivity index (χ2v) is 3.66. The minimum atomic E-state index is -0.530. The molecule has 6 heteroatoms. The van der Waals surface area contributed by atoms with E-state index in [-0.39, 0.29) is 0 Å². The summed E-state index contributed by atoms with van der Waals surface area (Å²) in [7, 11) is 0. The fourth-order valence-corrected chi connectivity index (χ4v) is 1.57. The molecule has 2 rings (SSSR count). The number of anilines is 1. The van der Waals surface area contributed by atoms with Crippen LogP contribution >= 0.6 is 11.6 Å². The maximum atomic E-state index is 10.9. The van der Waals surface area contributed by atoms with Crippen molar-refractivity contribution in [3.8, 4) is 5.69 Å². The van der Waals surface area contributed by atoms with Crippen LogP contribution in [0.2, 0.25) is 5.02 Å². The molecule has 0 bridgehead atoms. The molecule has 2 aromatic rings. The molecule has 0 aliphatic carbocycles. The number of hydrogen-bond donors (Lipinski definition) is 2. The summed E-state index contributed by atoms with van der Waals surface area (Å²) in [4.78, 5) is 10.9. The van der Waals surface area contributed by atoms with Crippen molar-refractivity contribution in [1.29, 1.82) is 0 Å². The van der Waals surface area contributed by atoms with E-state index in [1.165, 1.54) is 17.1 Å². The van der Waals surface area contributed by atoms with E-state index in [4.69, 9.17) is 23.1 Å². The van der Waals surface area contributed by atoms with Gasteiger partial charge in [-0.1, -0.05) is 11.6 Å². The van der Waals surface area contributed by atoms with Crippen molar-refractivity contribution < 1.29 is 4.79 Å². The molecule has 0 saturated heterocycles. The van der Waals surface area contributed by atoms with Crippen LogP contribution < -0.4 is 11.5 Å². The molecule has 0 aliphatic rings. The molecule has 1 aromatic carbocycles. The highest BCUT2D eigenvalue weighted by Crippen LogP contribution is 2.22. The van der Waals surface area contributed by atoms with E-state index in [1.807, 2.05) is 0 Å². The molecule has 0 saturated carbocycles. The molecule has 1 amide bonds. The van der Waals surface area contributed by atoms with Crippen LogP contribution in [-0.4, -0.2) is 15.7 Å². The second-order valence-electron chi connectivity index (χ2n) is 3.25. The average Bonchev–Trinajstić information content (AvgIpc) is 2.66. The first-order valence-electron chi connectivity index (χ1n) is 4.48. The summed E-state index contributed by atoms with van der Waals surface area (Å²) in [6, 6.07) is 5.03. The van der Waals surface area contributed by atoms with Crippen molar-refractivity contribution in [1.82, 2.24) is 9.78 Å². The third-order valence-electron chi connectivity index (χ3n) is 2.09. The van der Waals surface area contributed by atoms with E-state index >= 15 is 0 Å². The Labute approximate surface area is 96.6 Å². The zero-order valence-electron chi connectivity index (χ0n) is 8.22. The fourth-order valence-electron chi connectivity index (χ4n) is 1.29. The minimum Gasteiger partial charge on any atom is -0.399 e. The number of nitrogens with two attached hydrogens (primary N) is 2. The van der Waals surface area contributed by atoms with Gasteiger partial charge in [-0.05, 0) is 18.2 Å². The molecule has 82 valence electrons. The number of nitrogen functional groups attached to an aromatic ring is 1. The lowest BCUT2D eigenvalue weighted by Gasteiger charge is -2.04. The molecular formula is C10H9ClN4O. The summed E-state index contributed by atoms with van der Waals surface area (Å²) in [5.41, 5.74) is 12.2. The van der Waals surface area contributed by atoms with Gasteiger partial charge in [-0.25, -0.2) is 4.68 Å². The number of carbonyl (C=O) groups is 1. The van der Waals surface area contributed by atoms with Crippen LogP contribution in [0.5, 0.6) is 0 Å². The van der Waals surface area contributed by atoms with Gasteiger partial charge in [0.15, 0.2) is 0 Å². The predicted octanol–water partition coefficient (Wildman–Crippen LogP) is 1.21. The van der Waals surface area contributed by atoms with Crippen molar-refractivity contribution in [2.45, 2.75) is 0 Å². The molecule has 1 heterocycles. The molecule has 0 unspecified atom stereocenters. The first-order chi connectivity index (χ1) is 7.58. The molecule has 0 radical (unpaired) electrons. The zero-order valence-corrected chi connectivity index (χ0v) is 8.98. The summed E-state index contributed by atoms with van der Waals surface area (Å²) in [6.07, 6.45) is 2.90. The number of carbonyl (C=O) groups excluding carboxylic acids is 1. The van der Waals surface area contributed by atoms with Gasteiger partial charge < -0.3 is 11.5 Å². The molecule has 0 fully saturated rings. The lowest BCUT2D eigenvalue weighted by molar-refractivity contribution is 0.100. The van der Waals surface area contributed by atoms with Crippen LogP contribution in [0.15, 0.2) is 30.6 Å². The lowest BCUT2D eigenvalue weighted by atomic mass is 10.3. The highest BCUT2D eigenvalue weighted by molar-refractivity contribution is 6.32. The third kappa shape index (κ3) is 1.85. The molecular weight excluding hydrogens is 228 g/mol. The number of hydrogen-bond acceptors (Lipinski definition) is 3. The number of primary amides is 1. The number of benzene rings is 1. The summed E-state index contributed by atoms with van der Waals surface area (Å²) >= 11 is 6.00. The van der Waals surface area contributed by atoms with Gasteiger partial charge in [0.2, 0.25) is 0 Å². The van der Waals surface area contributed by atoms with Crippen LogP contribution in [-0.2, 0) is 0 Å². The standard InChI is InChI=1S/C10H9ClN4O/c11-8-3-7(12)1-2-9(8)15-5-6(4-14-15)10(13)16/h1-5H,12H2,(H2,13,16). The van der Waals surface area contributed by atoms with Gasteiger partial charge in [-0.3, -0.25) is 4.79 Å². The summed E-state index contributed by atoms with van der Waals surface area (Å²) in [5.74, 6) is -0.530. The van der Waals surface area contributed by atoms with E-state index in [2.05, 4.69) is 5.10 Å². The van der Waals surface area contributed by atoms with Gasteiger partial charge in [-0.15, -0.1) is 0 Å². The molecule has 0 atom stereocenters. The maximum absolute atomic E-state index is 10.9. The number of amides is 1. The van der Waals surface area contributed by atoms with Crippen LogP contribution in [0.25, 0.3) is 5.69 Å².